The minimum Gasteiger partial charge on any atom is -0.337 e. The van der Waals surface area contributed by atoms with E-state index in [1.165, 1.54) is 11.0 Å². The van der Waals surface area contributed by atoms with Gasteiger partial charge in [0.2, 0.25) is 0 Å². The maximum atomic E-state index is 13.4. The fourth-order valence-electron chi connectivity index (χ4n) is 1.48. The SMILES string of the molecule is Cc1ccc(F)c(CNCCNC(=O)N(C)C)c1. The van der Waals surface area contributed by atoms with E-state index in [0.29, 0.717) is 25.2 Å². The summed E-state index contributed by atoms with van der Waals surface area (Å²) in [5, 5.41) is 5.82. The lowest BCUT2D eigenvalue weighted by molar-refractivity contribution is 0.217. The molecule has 2 amide bonds. The smallest absolute Gasteiger partial charge is 0.316 e. The van der Waals surface area contributed by atoms with Gasteiger partial charge < -0.3 is 15.5 Å². The molecule has 0 saturated heterocycles. The molecule has 18 heavy (non-hydrogen) atoms. The van der Waals surface area contributed by atoms with Crippen LogP contribution in [0, 0.1) is 12.7 Å². The number of aryl methyl sites for hydroxylation is 1. The van der Waals surface area contributed by atoms with Crippen LogP contribution in [-0.4, -0.2) is 38.1 Å². The number of halogens is 1. The van der Waals surface area contributed by atoms with Crippen LogP contribution < -0.4 is 10.6 Å². The van der Waals surface area contributed by atoms with Crippen LogP contribution in [0.3, 0.4) is 0 Å². The van der Waals surface area contributed by atoms with Crippen molar-refractivity contribution < 1.29 is 9.18 Å². The highest BCUT2D eigenvalue weighted by molar-refractivity contribution is 5.73. The summed E-state index contributed by atoms with van der Waals surface area (Å²) in [5.74, 6) is -0.203. The van der Waals surface area contributed by atoms with E-state index in [-0.39, 0.29) is 11.8 Å². The maximum absolute atomic E-state index is 13.4. The Morgan fingerprint density at radius 1 is 1.33 bits per heavy atom. The first kappa shape index (κ1) is 14.4. The topological polar surface area (TPSA) is 44.4 Å². The number of nitrogens with one attached hydrogen (secondary N) is 2. The molecule has 0 radical (unpaired) electrons. The fraction of sp³-hybridized carbons (Fsp3) is 0.462. The molecule has 1 aromatic rings. The molecule has 0 atom stereocenters. The molecule has 0 unspecified atom stereocenters. The number of hydrogen-bond donors (Lipinski definition) is 2. The molecule has 4 nitrogen and oxygen atoms in total. The second kappa shape index (κ2) is 6.96. The second-order valence-electron chi connectivity index (χ2n) is 4.40. The Bertz CT molecular complexity index is 407. The van der Waals surface area contributed by atoms with E-state index >= 15 is 0 Å². The van der Waals surface area contributed by atoms with Crippen LogP contribution in [0.4, 0.5) is 9.18 Å². The zero-order valence-electron chi connectivity index (χ0n) is 11.1. The molecule has 1 aromatic carbocycles. The molecule has 0 heterocycles. The maximum Gasteiger partial charge on any atom is 0.316 e. The van der Waals surface area contributed by atoms with Crippen molar-refractivity contribution in [3.8, 4) is 0 Å². The van der Waals surface area contributed by atoms with Crippen LogP contribution >= 0.6 is 0 Å². The number of nitrogens with zero attached hydrogens (tertiary/aromatic N) is 1. The van der Waals surface area contributed by atoms with Crippen LogP contribution in [0.15, 0.2) is 18.2 Å². The van der Waals surface area contributed by atoms with Gasteiger partial charge in [0, 0.05) is 39.3 Å². The average molecular weight is 253 g/mol. The molecule has 100 valence electrons. The highest BCUT2D eigenvalue weighted by Gasteiger charge is 2.03. The minimum atomic E-state index is -0.203. The van der Waals surface area contributed by atoms with Gasteiger partial charge in [0.25, 0.3) is 0 Å². The second-order valence-corrected chi connectivity index (χ2v) is 4.40. The first-order valence-corrected chi connectivity index (χ1v) is 5.91. The summed E-state index contributed by atoms with van der Waals surface area (Å²) in [6.45, 7) is 3.52. The number of hydrogen-bond acceptors (Lipinski definition) is 2. The first-order chi connectivity index (χ1) is 8.50. The van der Waals surface area contributed by atoms with Crippen molar-refractivity contribution in [3.63, 3.8) is 0 Å². The van der Waals surface area contributed by atoms with E-state index in [1.54, 1.807) is 20.2 Å². The van der Waals surface area contributed by atoms with Gasteiger partial charge >= 0.3 is 6.03 Å². The molecule has 1 rings (SSSR count). The predicted octanol–water partition coefficient (Wildman–Crippen LogP) is 1.49. The fourth-order valence-corrected chi connectivity index (χ4v) is 1.48. The zero-order chi connectivity index (χ0) is 13.5. The third-order valence-electron chi connectivity index (χ3n) is 2.50. The molecule has 0 saturated carbocycles. The predicted molar refractivity (Wildman–Crippen MR) is 69.9 cm³/mol. The van der Waals surface area contributed by atoms with Gasteiger partial charge in [-0.2, -0.15) is 0 Å². The molecule has 0 aliphatic rings. The Morgan fingerprint density at radius 2 is 2.06 bits per heavy atom. The van der Waals surface area contributed by atoms with E-state index in [0.717, 1.165) is 5.56 Å². The Labute approximate surface area is 107 Å². The van der Waals surface area contributed by atoms with Gasteiger partial charge in [-0.15, -0.1) is 0 Å². The third-order valence-corrected chi connectivity index (χ3v) is 2.50. The van der Waals surface area contributed by atoms with E-state index in [4.69, 9.17) is 0 Å². The molecular formula is C13H20FN3O. The lowest BCUT2D eigenvalue weighted by Crippen LogP contribution is -2.38. The van der Waals surface area contributed by atoms with Crippen molar-refractivity contribution in [3.05, 3.63) is 35.1 Å². The summed E-state index contributed by atoms with van der Waals surface area (Å²) >= 11 is 0. The summed E-state index contributed by atoms with van der Waals surface area (Å²) in [6.07, 6.45) is 0. The first-order valence-electron chi connectivity index (χ1n) is 5.91. The largest absolute Gasteiger partial charge is 0.337 e. The van der Waals surface area contributed by atoms with Crippen molar-refractivity contribution >= 4 is 6.03 Å². The normalized spacial score (nSPS) is 10.2. The third kappa shape index (κ3) is 4.71. The van der Waals surface area contributed by atoms with Crippen LogP contribution in [0.1, 0.15) is 11.1 Å². The van der Waals surface area contributed by atoms with Crippen molar-refractivity contribution in [2.24, 2.45) is 0 Å². The molecule has 0 aromatic heterocycles. The Kier molecular flexibility index (Phi) is 5.58. The van der Waals surface area contributed by atoms with Crippen LogP contribution in [0.25, 0.3) is 0 Å². The quantitative estimate of drug-likeness (QED) is 0.781. The van der Waals surface area contributed by atoms with Gasteiger partial charge in [0.1, 0.15) is 5.82 Å². The average Bonchev–Trinajstić information content (AvgIpc) is 2.32. The molecular weight excluding hydrogens is 233 g/mol. The van der Waals surface area contributed by atoms with E-state index < -0.39 is 0 Å². The molecule has 2 N–H and O–H groups in total. The van der Waals surface area contributed by atoms with Gasteiger partial charge in [0.05, 0.1) is 0 Å². The highest BCUT2D eigenvalue weighted by Crippen LogP contribution is 2.09. The zero-order valence-corrected chi connectivity index (χ0v) is 11.1. The molecule has 0 spiro atoms. The van der Waals surface area contributed by atoms with Crippen LogP contribution in [0.5, 0.6) is 0 Å². The summed E-state index contributed by atoms with van der Waals surface area (Å²) in [7, 11) is 3.37. The Morgan fingerprint density at radius 3 is 2.72 bits per heavy atom. The van der Waals surface area contributed by atoms with Crippen molar-refractivity contribution in [1.29, 1.82) is 0 Å². The van der Waals surface area contributed by atoms with E-state index in [2.05, 4.69) is 10.6 Å². The standard InChI is InChI=1S/C13H20FN3O/c1-10-4-5-12(14)11(8-10)9-15-6-7-16-13(18)17(2)3/h4-5,8,15H,6-7,9H2,1-3H3,(H,16,18). The minimum absolute atomic E-state index is 0.126. The van der Waals surface area contributed by atoms with Gasteiger partial charge in [-0.3, -0.25) is 0 Å². The molecule has 0 fully saturated rings. The summed E-state index contributed by atoms with van der Waals surface area (Å²) in [6, 6.07) is 4.91. The Balaban J connectivity index is 2.26. The van der Waals surface area contributed by atoms with Gasteiger partial charge in [-0.25, -0.2) is 9.18 Å². The number of rotatable bonds is 5. The Hall–Kier alpha value is -1.62. The highest BCUT2D eigenvalue weighted by atomic mass is 19.1. The number of carbonyl (C=O) groups excluding carboxylic acids is 1. The van der Waals surface area contributed by atoms with Crippen LogP contribution in [0.2, 0.25) is 0 Å². The monoisotopic (exact) mass is 253 g/mol. The van der Waals surface area contributed by atoms with E-state index in [9.17, 15) is 9.18 Å². The van der Waals surface area contributed by atoms with Crippen molar-refractivity contribution in [2.45, 2.75) is 13.5 Å². The lowest BCUT2D eigenvalue weighted by Gasteiger charge is -2.12. The van der Waals surface area contributed by atoms with Gasteiger partial charge in [-0.05, 0) is 13.0 Å². The summed E-state index contributed by atoms with van der Waals surface area (Å²) in [4.78, 5) is 12.7. The summed E-state index contributed by atoms with van der Waals surface area (Å²) < 4.78 is 13.4. The molecule has 0 bridgehead atoms. The van der Waals surface area contributed by atoms with E-state index in [1.807, 2.05) is 13.0 Å². The number of carbonyl (C=O) groups is 1. The number of amides is 2. The molecule has 5 heteroatoms. The molecule has 0 aliphatic heterocycles. The van der Waals surface area contributed by atoms with Gasteiger partial charge in [-0.1, -0.05) is 17.7 Å². The number of urea groups is 1. The van der Waals surface area contributed by atoms with Crippen molar-refractivity contribution in [2.75, 3.05) is 27.2 Å². The van der Waals surface area contributed by atoms with Crippen LogP contribution in [-0.2, 0) is 6.54 Å². The van der Waals surface area contributed by atoms with Crippen molar-refractivity contribution in [1.82, 2.24) is 15.5 Å². The lowest BCUT2D eigenvalue weighted by atomic mass is 10.1. The number of benzene rings is 1. The molecule has 0 aliphatic carbocycles. The summed E-state index contributed by atoms with van der Waals surface area (Å²) in [5.41, 5.74) is 1.68. The van der Waals surface area contributed by atoms with Gasteiger partial charge in [0.15, 0.2) is 0 Å².